The van der Waals surface area contributed by atoms with Gasteiger partial charge < -0.3 is 0 Å². The van der Waals surface area contributed by atoms with Gasteiger partial charge in [0.1, 0.15) is 5.78 Å². The van der Waals surface area contributed by atoms with Crippen molar-refractivity contribution >= 4 is 11.4 Å². The number of nitrogens with zero attached hydrogens (tertiary/aromatic N) is 3. The van der Waals surface area contributed by atoms with Crippen LogP contribution in [0.3, 0.4) is 0 Å². The molecule has 0 atom stereocenters. The van der Waals surface area contributed by atoms with E-state index in [1.165, 1.54) is 0 Å². The monoisotopic (exact) mass is 189 g/mol. The third-order valence-corrected chi connectivity index (χ3v) is 1.92. The van der Waals surface area contributed by atoms with E-state index in [2.05, 4.69) is 10.1 Å². The summed E-state index contributed by atoms with van der Waals surface area (Å²) in [7, 11) is 0. The maximum atomic E-state index is 10.9. The molecule has 0 amide bonds. The fourth-order valence-electron chi connectivity index (χ4n) is 1.36. The van der Waals surface area contributed by atoms with E-state index in [9.17, 15) is 4.79 Å². The largest absolute Gasteiger partial charge is 0.300 e. The molecule has 0 aliphatic carbocycles. The maximum absolute atomic E-state index is 10.9. The number of aryl methyl sites for hydroxylation is 1. The Balaban J connectivity index is 2.46. The van der Waals surface area contributed by atoms with Crippen LogP contribution in [0.25, 0.3) is 5.65 Å². The fraction of sp³-hybridized carbons (Fsp3) is 0.300. The second kappa shape index (κ2) is 3.21. The average Bonchev–Trinajstić information content (AvgIpc) is 2.44. The van der Waals surface area contributed by atoms with Gasteiger partial charge in [-0.2, -0.15) is 5.10 Å². The Morgan fingerprint density at radius 1 is 1.57 bits per heavy atom. The van der Waals surface area contributed by atoms with Gasteiger partial charge in [-0.3, -0.25) is 4.79 Å². The van der Waals surface area contributed by atoms with Crippen molar-refractivity contribution in [3.05, 3.63) is 29.7 Å². The minimum absolute atomic E-state index is 0.116. The van der Waals surface area contributed by atoms with Crippen molar-refractivity contribution in [2.24, 2.45) is 0 Å². The summed E-state index contributed by atoms with van der Waals surface area (Å²) in [6, 6.07) is 1.83. The third kappa shape index (κ3) is 1.64. The zero-order valence-electron chi connectivity index (χ0n) is 8.19. The molecule has 2 rings (SSSR count). The quantitative estimate of drug-likeness (QED) is 0.712. The summed E-state index contributed by atoms with van der Waals surface area (Å²) in [4.78, 5) is 15.1. The number of carbonyl (C=O) groups is 1. The van der Waals surface area contributed by atoms with Crippen LogP contribution in [0.1, 0.15) is 18.2 Å². The summed E-state index contributed by atoms with van der Waals surface area (Å²) in [5.74, 6) is 0.116. The summed E-state index contributed by atoms with van der Waals surface area (Å²) >= 11 is 0. The van der Waals surface area contributed by atoms with Gasteiger partial charge in [0.15, 0.2) is 5.65 Å². The minimum atomic E-state index is 0.116. The number of aromatic nitrogens is 3. The van der Waals surface area contributed by atoms with Gasteiger partial charge >= 0.3 is 0 Å². The van der Waals surface area contributed by atoms with Crippen molar-refractivity contribution in [3.63, 3.8) is 0 Å². The second-order valence-corrected chi connectivity index (χ2v) is 3.45. The minimum Gasteiger partial charge on any atom is -0.300 e. The molecule has 72 valence electrons. The Labute approximate surface area is 81.6 Å². The number of ketones is 1. The Kier molecular flexibility index (Phi) is 2.04. The molecule has 0 N–H and O–H groups in total. The zero-order chi connectivity index (χ0) is 10.1. The summed E-state index contributed by atoms with van der Waals surface area (Å²) in [5.41, 5.74) is 2.61. The highest BCUT2D eigenvalue weighted by atomic mass is 16.1. The number of rotatable bonds is 2. The Hall–Kier alpha value is -1.71. The van der Waals surface area contributed by atoms with Crippen LogP contribution in [-0.4, -0.2) is 20.4 Å². The first kappa shape index (κ1) is 8.87. The molecule has 0 aliphatic rings. The number of carbonyl (C=O) groups excluding carboxylic acids is 1. The highest BCUT2D eigenvalue weighted by molar-refractivity contribution is 5.78. The lowest BCUT2D eigenvalue weighted by Crippen LogP contribution is -1.97. The van der Waals surface area contributed by atoms with Crippen LogP contribution in [0.4, 0.5) is 0 Å². The molecule has 0 spiro atoms. The third-order valence-electron chi connectivity index (χ3n) is 1.92. The van der Waals surface area contributed by atoms with E-state index in [0.29, 0.717) is 6.42 Å². The van der Waals surface area contributed by atoms with Crippen LogP contribution in [0, 0.1) is 6.92 Å². The number of hydrogen-bond acceptors (Lipinski definition) is 3. The molecule has 4 heteroatoms. The van der Waals surface area contributed by atoms with Crippen molar-refractivity contribution < 1.29 is 4.79 Å². The second-order valence-electron chi connectivity index (χ2n) is 3.45. The molecule has 2 aromatic heterocycles. The molecule has 0 saturated carbocycles. The molecule has 0 bridgehead atoms. The van der Waals surface area contributed by atoms with Gasteiger partial charge in [-0.05, 0) is 19.4 Å². The van der Waals surface area contributed by atoms with Crippen LogP contribution in [0.5, 0.6) is 0 Å². The smallest absolute Gasteiger partial charge is 0.155 e. The number of Topliss-reactive ketones (excluding diaryl/α,β-unsaturated/α-hetero) is 1. The zero-order valence-corrected chi connectivity index (χ0v) is 8.19. The summed E-state index contributed by atoms with van der Waals surface area (Å²) < 4.78 is 1.70. The molecular formula is C10H11N3O. The van der Waals surface area contributed by atoms with Gasteiger partial charge in [0.05, 0.1) is 12.1 Å². The first-order valence-electron chi connectivity index (χ1n) is 4.45. The molecule has 0 aromatic carbocycles. The first-order chi connectivity index (χ1) is 6.65. The predicted octanol–water partition coefficient (Wildman–Crippen LogP) is 1.17. The van der Waals surface area contributed by atoms with E-state index in [4.69, 9.17) is 0 Å². The van der Waals surface area contributed by atoms with Crippen molar-refractivity contribution in [2.45, 2.75) is 20.3 Å². The highest BCUT2D eigenvalue weighted by Gasteiger charge is 2.04. The number of fused-ring (bicyclic) bond motifs is 1. The summed E-state index contributed by atoms with van der Waals surface area (Å²) in [6.45, 7) is 3.52. The Morgan fingerprint density at radius 2 is 2.36 bits per heavy atom. The molecule has 0 unspecified atom stereocenters. The standard InChI is InChI=1S/C10H11N3O/c1-7-5-11-10-4-9(3-8(2)14)12-13(10)6-7/h4-6H,3H2,1-2H3. The van der Waals surface area contributed by atoms with E-state index in [1.54, 1.807) is 17.6 Å². The average molecular weight is 189 g/mol. The normalized spacial score (nSPS) is 10.7. The van der Waals surface area contributed by atoms with E-state index in [1.807, 2.05) is 19.2 Å². The van der Waals surface area contributed by atoms with Crippen LogP contribution >= 0.6 is 0 Å². The van der Waals surface area contributed by atoms with Gasteiger partial charge in [0.2, 0.25) is 0 Å². The van der Waals surface area contributed by atoms with Crippen LogP contribution in [0.15, 0.2) is 18.5 Å². The van der Waals surface area contributed by atoms with Gasteiger partial charge in [-0.1, -0.05) is 0 Å². The Bertz CT molecular complexity index is 487. The predicted molar refractivity (Wildman–Crippen MR) is 52.1 cm³/mol. The molecule has 2 aromatic rings. The lowest BCUT2D eigenvalue weighted by Gasteiger charge is -1.92. The van der Waals surface area contributed by atoms with E-state index < -0.39 is 0 Å². The van der Waals surface area contributed by atoms with Crippen LogP contribution in [-0.2, 0) is 11.2 Å². The van der Waals surface area contributed by atoms with Gasteiger partial charge in [0.25, 0.3) is 0 Å². The van der Waals surface area contributed by atoms with Crippen molar-refractivity contribution in [2.75, 3.05) is 0 Å². The molecule has 2 heterocycles. The van der Waals surface area contributed by atoms with Crippen LogP contribution in [0.2, 0.25) is 0 Å². The topological polar surface area (TPSA) is 47.3 Å². The molecule has 0 aliphatic heterocycles. The van der Waals surface area contributed by atoms with E-state index >= 15 is 0 Å². The maximum Gasteiger partial charge on any atom is 0.155 e. The molecular weight excluding hydrogens is 178 g/mol. The highest BCUT2D eigenvalue weighted by Crippen LogP contribution is 2.05. The molecule has 4 nitrogen and oxygen atoms in total. The first-order valence-corrected chi connectivity index (χ1v) is 4.45. The van der Waals surface area contributed by atoms with Crippen molar-refractivity contribution in [3.8, 4) is 0 Å². The van der Waals surface area contributed by atoms with Gasteiger partial charge in [0, 0.05) is 18.5 Å². The van der Waals surface area contributed by atoms with Crippen molar-refractivity contribution in [1.29, 1.82) is 0 Å². The van der Waals surface area contributed by atoms with E-state index in [-0.39, 0.29) is 5.78 Å². The molecule has 14 heavy (non-hydrogen) atoms. The van der Waals surface area contributed by atoms with E-state index in [0.717, 1.165) is 16.9 Å². The summed E-state index contributed by atoms with van der Waals surface area (Å²) in [5, 5.41) is 4.25. The van der Waals surface area contributed by atoms with Crippen molar-refractivity contribution in [1.82, 2.24) is 14.6 Å². The lowest BCUT2D eigenvalue weighted by molar-refractivity contribution is -0.116. The molecule has 0 fully saturated rings. The summed E-state index contributed by atoms with van der Waals surface area (Å²) in [6.07, 6.45) is 4.06. The fourth-order valence-corrected chi connectivity index (χ4v) is 1.36. The SMILES string of the molecule is CC(=O)Cc1cc2ncc(C)cn2n1. The lowest BCUT2D eigenvalue weighted by atomic mass is 10.2. The molecule has 0 saturated heterocycles. The number of hydrogen-bond donors (Lipinski definition) is 0. The Morgan fingerprint density at radius 3 is 3.07 bits per heavy atom. The van der Waals surface area contributed by atoms with Crippen LogP contribution < -0.4 is 0 Å². The van der Waals surface area contributed by atoms with Gasteiger partial charge in [-0.25, -0.2) is 9.50 Å². The molecule has 0 radical (unpaired) electrons. The van der Waals surface area contributed by atoms with Gasteiger partial charge in [-0.15, -0.1) is 0 Å².